The molecule has 0 aliphatic carbocycles. The van der Waals surface area contributed by atoms with Crippen molar-refractivity contribution in [2.75, 3.05) is 0 Å². The van der Waals surface area contributed by atoms with E-state index in [1.807, 2.05) is 6.07 Å². The summed E-state index contributed by atoms with van der Waals surface area (Å²) in [6, 6.07) is 6.18. The number of nitrogens with zero attached hydrogens (tertiary/aromatic N) is 1. The molecule has 0 bridgehead atoms. The van der Waals surface area contributed by atoms with Crippen LogP contribution in [0.2, 0.25) is 0 Å². The number of rotatable bonds is 2. The molecule has 2 rings (SSSR count). The molecule has 0 saturated carbocycles. The molecule has 1 aromatic heterocycles. The molecule has 1 heterocycles. The number of aromatic amines is 1. The zero-order chi connectivity index (χ0) is 9.26. The van der Waals surface area contributed by atoms with Crippen LogP contribution in [0, 0.1) is 6.92 Å². The Morgan fingerprint density at radius 1 is 1.54 bits per heavy atom. The molecule has 0 fully saturated rings. The molecule has 0 aliphatic rings. The Morgan fingerprint density at radius 3 is 3.15 bits per heavy atom. The molecule has 0 atom stereocenters. The second-order valence-electron chi connectivity index (χ2n) is 2.85. The Labute approximate surface area is 81.1 Å². The third-order valence-electron chi connectivity index (χ3n) is 1.81. The first kappa shape index (κ1) is 8.38. The van der Waals surface area contributed by atoms with Crippen LogP contribution < -0.4 is 0 Å². The van der Waals surface area contributed by atoms with Crippen molar-refractivity contribution in [2.24, 2.45) is 0 Å². The average molecular weight is 190 g/mol. The highest BCUT2D eigenvalue weighted by atomic mass is 32.2. The molecule has 13 heavy (non-hydrogen) atoms. The van der Waals surface area contributed by atoms with Crippen LogP contribution in [0.15, 0.2) is 35.3 Å². The molecular weight excluding hydrogens is 180 g/mol. The number of fused-ring (bicyclic) bond motifs is 1. The van der Waals surface area contributed by atoms with Crippen molar-refractivity contribution in [3.8, 4) is 0 Å². The molecule has 3 heteroatoms. The maximum absolute atomic E-state index is 4.38. The first-order valence-corrected chi connectivity index (χ1v) is 4.91. The smallest absolute Gasteiger partial charge is 0.170 e. The lowest BCUT2D eigenvalue weighted by molar-refractivity contribution is 1.09. The van der Waals surface area contributed by atoms with Gasteiger partial charge in [-0.2, -0.15) is 0 Å². The number of benzene rings is 1. The third-order valence-corrected chi connectivity index (χ3v) is 2.39. The largest absolute Gasteiger partial charge is 0.333 e. The Bertz CT molecular complexity index is 445. The molecule has 66 valence electrons. The lowest BCUT2D eigenvalue weighted by atomic mass is 10.2. The highest BCUT2D eigenvalue weighted by molar-refractivity contribution is 8.02. The summed E-state index contributed by atoms with van der Waals surface area (Å²) in [4.78, 5) is 7.60. The average Bonchev–Trinajstić information content (AvgIpc) is 2.46. The molecule has 0 aliphatic heterocycles. The number of H-pyrrole nitrogens is 1. The predicted octanol–water partition coefficient (Wildman–Crippen LogP) is 3.11. The Kier molecular flexibility index (Phi) is 2.10. The maximum Gasteiger partial charge on any atom is 0.170 e. The Balaban J connectivity index is 2.55. The number of hydrogen-bond donors (Lipinski definition) is 1. The minimum atomic E-state index is 0.899. The van der Waals surface area contributed by atoms with Crippen LogP contribution in [0.1, 0.15) is 5.56 Å². The summed E-state index contributed by atoms with van der Waals surface area (Å²) in [5.74, 6) is 0. The van der Waals surface area contributed by atoms with Gasteiger partial charge in [-0.3, -0.25) is 0 Å². The number of aromatic nitrogens is 2. The van der Waals surface area contributed by atoms with Gasteiger partial charge in [-0.1, -0.05) is 24.4 Å². The molecule has 0 radical (unpaired) electrons. The summed E-state index contributed by atoms with van der Waals surface area (Å²) in [7, 11) is 0. The van der Waals surface area contributed by atoms with Gasteiger partial charge in [0, 0.05) is 0 Å². The van der Waals surface area contributed by atoms with Crippen molar-refractivity contribution >= 4 is 22.8 Å². The second kappa shape index (κ2) is 3.26. The zero-order valence-corrected chi connectivity index (χ0v) is 8.19. The van der Waals surface area contributed by atoms with Crippen LogP contribution in [-0.4, -0.2) is 9.97 Å². The molecule has 0 spiro atoms. The zero-order valence-electron chi connectivity index (χ0n) is 7.37. The van der Waals surface area contributed by atoms with Gasteiger partial charge in [-0.05, 0) is 30.0 Å². The van der Waals surface area contributed by atoms with Crippen molar-refractivity contribution in [3.63, 3.8) is 0 Å². The van der Waals surface area contributed by atoms with Crippen molar-refractivity contribution in [1.82, 2.24) is 9.97 Å². The quantitative estimate of drug-likeness (QED) is 0.737. The van der Waals surface area contributed by atoms with Crippen LogP contribution in [0.5, 0.6) is 0 Å². The van der Waals surface area contributed by atoms with Crippen LogP contribution in [0.25, 0.3) is 11.0 Å². The highest BCUT2D eigenvalue weighted by Crippen LogP contribution is 2.20. The SMILES string of the molecule is C=CSc1nc2ccc(C)cc2[nH]1. The number of imidazole rings is 1. The van der Waals surface area contributed by atoms with E-state index in [1.54, 1.807) is 5.41 Å². The minimum Gasteiger partial charge on any atom is -0.333 e. The molecule has 2 aromatic rings. The summed E-state index contributed by atoms with van der Waals surface area (Å²) in [5.41, 5.74) is 3.34. The van der Waals surface area contributed by atoms with Gasteiger partial charge in [0.25, 0.3) is 0 Å². The van der Waals surface area contributed by atoms with Gasteiger partial charge in [0.15, 0.2) is 5.16 Å². The summed E-state index contributed by atoms with van der Waals surface area (Å²) in [5, 5.41) is 2.67. The van der Waals surface area contributed by atoms with Crippen LogP contribution in [-0.2, 0) is 0 Å². The van der Waals surface area contributed by atoms with Crippen LogP contribution in [0.3, 0.4) is 0 Å². The van der Waals surface area contributed by atoms with Gasteiger partial charge in [0.1, 0.15) is 0 Å². The summed E-state index contributed by atoms with van der Waals surface area (Å²) < 4.78 is 0. The fraction of sp³-hybridized carbons (Fsp3) is 0.100. The van der Waals surface area contributed by atoms with Gasteiger partial charge in [0.2, 0.25) is 0 Å². The van der Waals surface area contributed by atoms with Crippen molar-refractivity contribution in [3.05, 3.63) is 35.7 Å². The minimum absolute atomic E-state index is 0.899. The van der Waals surface area contributed by atoms with E-state index in [0.29, 0.717) is 0 Å². The first-order chi connectivity index (χ1) is 6.29. The van der Waals surface area contributed by atoms with Gasteiger partial charge in [0.05, 0.1) is 11.0 Å². The van der Waals surface area contributed by atoms with E-state index in [1.165, 1.54) is 17.3 Å². The lowest BCUT2D eigenvalue weighted by Gasteiger charge is -1.89. The maximum atomic E-state index is 4.38. The molecule has 0 amide bonds. The fourth-order valence-electron chi connectivity index (χ4n) is 1.23. The number of thioether (sulfide) groups is 1. The monoisotopic (exact) mass is 190 g/mol. The summed E-state index contributed by atoms with van der Waals surface area (Å²) >= 11 is 1.50. The number of aryl methyl sites for hydroxylation is 1. The number of hydrogen-bond acceptors (Lipinski definition) is 2. The van der Waals surface area contributed by atoms with Crippen molar-refractivity contribution in [1.29, 1.82) is 0 Å². The van der Waals surface area contributed by atoms with E-state index < -0.39 is 0 Å². The first-order valence-electron chi connectivity index (χ1n) is 4.03. The Morgan fingerprint density at radius 2 is 2.38 bits per heavy atom. The van der Waals surface area contributed by atoms with Crippen LogP contribution >= 0.6 is 11.8 Å². The van der Waals surface area contributed by atoms with E-state index in [0.717, 1.165) is 16.2 Å². The van der Waals surface area contributed by atoms with Gasteiger partial charge in [-0.15, -0.1) is 0 Å². The molecule has 1 N–H and O–H groups in total. The van der Waals surface area contributed by atoms with E-state index in [2.05, 4.69) is 35.6 Å². The Hall–Kier alpha value is -1.22. The third kappa shape index (κ3) is 1.60. The topological polar surface area (TPSA) is 28.7 Å². The number of nitrogens with one attached hydrogen (secondary N) is 1. The summed E-state index contributed by atoms with van der Waals surface area (Å²) in [6.45, 7) is 5.72. The molecule has 0 unspecified atom stereocenters. The second-order valence-corrected chi connectivity index (χ2v) is 3.80. The van der Waals surface area contributed by atoms with E-state index in [4.69, 9.17) is 0 Å². The molecule has 0 saturated heterocycles. The normalized spacial score (nSPS) is 10.5. The fourth-order valence-corrected chi connectivity index (χ4v) is 1.71. The van der Waals surface area contributed by atoms with Gasteiger partial charge < -0.3 is 4.98 Å². The molecular formula is C10H10N2S. The van der Waals surface area contributed by atoms with Crippen LogP contribution in [0.4, 0.5) is 0 Å². The summed E-state index contributed by atoms with van der Waals surface area (Å²) in [6.07, 6.45) is 0. The van der Waals surface area contributed by atoms with Gasteiger partial charge >= 0.3 is 0 Å². The van der Waals surface area contributed by atoms with E-state index >= 15 is 0 Å². The molecule has 2 nitrogen and oxygen atoms in total. The van der Waals surface area contributed by atoms with E-state index in [-0.39, 0.29) is 0 Å². The van der Waals surface area contributed by atoms with Crippen molar-refractivity contribution < 1.29 is 0 Å². The predicted molar refractivity (Wildman–Crippen MR) is 56.9 cm³/mol. The van der Waals surface area contributed by atoms with E-state index in [9.17, 15) is 0 Å². The highest BCUT2D eigenvalue weighted by Gasteiger charge is 2.00. The standard InChI is InChI=1S/C10H10N2S/c1-3-13-10-11-8-5-4-7(2)6-9(8)12-10/h3-6H,1H2,2H3,(H,11,12). The molecule has 1 aromatic carbocycles. The van der Waals surface area contributed by atoms with Gasteiger partial charge in [-0.25, -0.2) is 4.98 Å². The van der Waals surface area contributed by atoms with Crippen molar-refractivity contribution in [2.45, 2.75) is 12.1 Å². The lowest BCUT2D eigenvalue weighted by Crippen LogP contribution is -1.71.